The number of rotatable bonds is 3. The molecule has 0 radical (unpaired) electrons. The molecule has 0 unspecified atom stereocenters. The van der Waals surface area contributed by atoms with Gasteiger partial charge in [-0.25, -0.2) is 0 Å². The number of aromatic hydroxyl groups is 1. The maximum atomic E-state index is 9.42. The van der Waals surface area contributed by atoms with Gasteiger partial charge in [-0.15, -0.1) is 0 Å². The number of benzene rings is 1. The van der Waals surface area contributed by atoms with Crippen molar-refractivity contribution in [1.82, 2.24) is 4.90 Å². The first-order chi connectivity index (χ1) is 8.56. The summed E-state index contributed by atoms with van der Waals surface area (Å²) in [6.07, 6.45) is 5.27. The van der Waals surface area contributed by atoms with Crippen LogP contribution in [-0.4, -0.2) is 23.1 Å². The number of anilines is 1. The molecule has 0 amide bonds. The van der Waals surface area contributed by atoms with E-state index < -0.39 is 0 Å². The minimum atomic E-state index is 0.174. The van der Waals surface area contributed by atoms with Crippen molar-refractivity contribution in [2.75, 3.05) is 12.8 Å². The summed E-state index contributed by atoms with van der Waals surface area (Å²) in [6, 6.07) is 6.20. The highest BCUT2D eigenvalue weighted by molar-refractivity contribution is 5.53. The van der Waals surface area contributed by atoms with E-state index in [0.29, 0.717) is 11.7 Å². The fourth-order valence-electron chi connectivity index (χ4n) is 2.80. The number of nitrogen functional groups attached to an aromatic ring is 1. The van der Waals surface area contributed by atoms with Crippen LogP contribution in [0.25, 0.3) is 0 Å². The standard InChI is InChI=1S/C15H24N2O/c1-11-3-6-13(7-4-11)17(2)10-12-5-8-15(18)14(16)9-12/h5,8-9,11,13,18H,3-4,6-7,10,16H2,1-2H3. The highest BCUT2D eigenvalue weighted by Gasteiger charge is 2.21. The van der Waals surface area contributed by atoms with Gasteiger partial charge in [-0.3, -0.25) is 4.90 Å². The zero-order valence-electron chi connectivity index (χ0n) is 11.4. The summed E-state index contributed by atoms with van der Waals surface area (Å²) in [5, 5.41) is 9.42. The topological polar surface area (TPSA) is 49.5 Å². The van der Waals surface area contributed by atoms with Gasteiger partial charge in [-0.2, -0.15) is 0 Å². The largest absolute Gasteiger partial charge is 0.506 e. The Morgan fingerprint density at radius 3 is 2.56 bits per heavy atom. The summed E-state index contributed by atoms with van der Waals surface area (Å²) in [5.74, 6) is 1.06. The van der Waals surface area contributed by atoms with E-state index >= 15 is 0 Å². The molecule has 1 aliphatic rings. The molecule has 100 valence electrons. The van der Waals surface area contributed by atoms with Gasteiger partial charge in [0.1, 0.15) is 5.75 Å². The molecular formula is C15H24N2O. The van der Waals surface area contributed by atoms with Crippen molar-refractivity contribution < 1.29 is 5.11 Å². The summed E-state index contributed by atoms with van der Waals surface area (Å²) in [5.41, 5.74) is 7.37. The first-order valence-corrected chi connectivity index (χ1v) is 6.84. The predicted molar refractivity (Wildman–Crippen MR) is 75.4 cm³/mol. The lowest BCUT2D eigenvalue weighted by atomic mass is 9.86. The average molecular weight is 248 g/mol. The van der Waals surface area contributed by atoms with Crippen LogP contribution < -0.4 is 5.73 Å². The second kappa shape index (κ2) is 5.61. The number of nitrogens with zero attached hydrogens (tertiary/aromatic N) is 1. The molecule has 3 nitrogen and oxygen atoms in total. The Bertz CT molecular complexity index is 397. The molecule has 1 saturated carbocycles. The van der Waals surface area contributed by atoms with E-state index in [4.69, 9.17) is 5.73 Å². The van der Waals surface area contributed by atoms with E-state index in [1.54, 1.807) is 6.07 Å². The Balaban J connectivity index is 1.94. The van der Waals surface area contributed by atoms with Crippen molar-refractivity contribution in [2.45, 2.75) is 45.2 Å². The van der Waals surface area contributed by atoms with Crippen molar-refractivity contribution in [3.05, 3.63) is 23.8 Å². The Kier molecular flexibility index (Phi) is 4.12. The van der Waals surface area contributed by atoms with Gasteiger partial charge in [0, 0.05) is 12.6 Å². The first-order valence-electron chi connectivity index (χ1n) is 6.84. The maximum absolute atomic E-state index is 9.42. The number of hydrogen-bond acceptors (Lipinski definition) is 3. The Hall–Kier alpha value is -1.22. The molecule has 2 rings (SSSR count). The van der Waals surface area contributed by atoms with Crippen LogP contribution in [0, 0.1) is 5.92 Å². The van der Waals surface area contributed by atoms with Crippen LogP contribution in [-0.2, 0) is 6.54 Å². The van der Waals surface area contributed by atoms with Crippen LogP contribution in [0.4, 0.5) is 5.69 Å². The van der Waals surface area contributed by atoms with E-state index in [9.17, 15) is 5.11 Å². The minimum Gasteiger partial charge on any atom is -0.506 e. The molecule has 0 saturated heterocycles. The number of phenols is 1. The lowest BCUT2D eigenvalue weighted by molar-refractivity contribution is 0.164. The Labute approximate surface area is 110 Å². The number of nitrogens with two attached hydrogens (primary N) is 1. The zero-order chi connectivity index (χ0) is 13.1. The minimum absolute atomic E-state index is 0.174. The van der Waals surface area contributed by atoms with Crippen LogP contribution in [0.3, 0.4) is 0 Å². The fraction of sp³-hybridized carbons (Fsp3) is 0.600. The molecule has 0 aliphatic heterocycles. The van der Waals surface area contributed by atoms with E-state index in [1.165, 1.54) is 31.2 Å². The summed E-state index contributed by atoms with van der Waals surface area (Å²) in [4.78, 5) is 2.41. The average Bonchev–Trinajstić information content (AvgIpc) is 2.34. The van der Waals surface area contributed by atoms with E-state index in [2.05, 4.69) is 18.9 Å². The zero-order valence-corrected chi connectivity index (χ0v) is 11.4. The van der Waals surface area contributed by atoms with Gasteiger partial charge in [0.2, 0.25) is 0 Å². The molecule has 1 aromatic rings. The predicted octanol–water partition coefficient (Wildman–Crippen LogP) is 2.98. The van der Waals surface area contributed by atoms with Crippen LogP contribution in [0.2, 0.25) is 0 Å². The van der Waals surface area contributed by atoms with Gasteiger partial charge in [0.15, 0.2) is 0 Å². The molecule has 1 aliphatic carbocycles. The van der Waals surface area contributed by atoms with Crippen LogP contribution in [0.15, 0.2) is 18.2 Å². The van der Waals surface area contributed by atoms with Gasteiger partial charge in [0.05, 0.1) is 5.69 Å². The summed E-state index contributed by atoms with van der Waals surface area (Å²) >= 11 is 0. The quantitative estimate of drug-likeness (QED) is 0.638. The van der Waals surface area contributed by atoms with E-state index in [0.717, 1.165) is 12.5 Å². The molecule has 0 heterocycles. The fourth-order valence-corrected chi connectivity index (χ4v) is 2.80. The number of hydrogen-bond donors (Lipinski definition) is 2. The van der Waals surface area contributed by atoms with Gasteiger partial charge >= 0.3 is 0 Å². The molecule has 0 atom stereocenters. The number of phenolic OH excluding ortho intramolecular Hbond substituents is 1. The highest BCUT2D eigenvalue weighted by atomic mass is 16.3. The van der Waals surface area contributed by atoms with Crippen molar-refractivity contribution in [3.8, 4) is 5.75 Å². The lowest BCUT2D eigenvalue weighted by Crippen LogP contribution is -2.34. The molecule has 1 aromatic carbocycles. The van der Waals surface area contributed by atoms with Gasteiger partial charge in [0.25, 0.3) is 0 Å². The summed E-state index contributed by atoms with van der Waals surface area (Å²) < 4.78 is 0. The lowest BCUT2D eigenvalue weighted by Gasteiger charge is -2.33. The first kappa shape index (κ1) is 13.2. The monoisotopic (exact) mass is 248 g/mol. The highest BCUT2D eigenvalue weighted by Crippen LogP contribution is 2.28. The van der Waals surface area contributed by atoms with Gasteiger partial charge in [-0.05, 0) is 56.3 Å². The summed E-state index contributed by atoms with van der Waals surface area (Å²) in [6.45, 7) is 3.25. The van der Waals surface area contributed by atoms with Crippen LogP contribution in [0.1, 0.15) is 38.2 Å². The van der Waals surface area contributed by atoms with Gasteiger partial charge in [-0.1, -0.05) is 13.0 Å². The molecular weight excluding hydrogens is 224 g/mol. The van der Waals surface area contributed by atoms with E-state index in [1.807, 2.05) is 12.1 Å². The molecule has 18 heavy (non-hydrogen) atoms. The second-order valence-corrected chi connectivity index (χ2v) is 5.72. The molecule has 3 heteroatoms. The summed E-state index contributed by atoms with van der Waals surface area (Å²) in [7, 11) is 2.18. The molecule has 3 N–H and O–H groups in total. The third kappa shape index (κ3) is 3.16. The molecule has 1 fully saturated rings. The molecule has 0 aromatic heterocycles. The Morgan fingerprint density at radius 1 is 1.28 bits per heavy atom. The van der Waals surface area contributed by atoms with Crippen molar-refractivity contribution in [1.29, 1.82) is 0 Å². The smallest absolute Gasteiger partial charge is 0.138 e. The van der Waals surface area contributed by atoms with Crippen molar-refractivity contribution in [3.63, 3.8) is 0 Å². The normalized spacial score (nSPS) is 24.4. The van der Waals surface area contributed by atoms with Crippen molar-refractivity contribution >= 4 is 5.69 Å². The third-order valence-electron chi connectivity index (χ3n) is 4.13. The van der Waals surface area contributed by atoms with Crippen LogP contribution >= 0.6 is 0 Å². The van der Waals surface area contributed by atoms with E-state index in [-0.39, 0.29) is 5.75 Å². The van der Waals surface area contributed by atoms with Crippen molar-refractivity contribution in [2.24, 2.45) is 5.92 Å². The maximum Gasteiger partial charge on any atom is 0.138 e. The SMILES string of the molecule is CC1CCC(N(C)Cc2ccc(O)c(N)c2)CC1. The Morgan fingerprint density at radius 2 is 1.94 bits per heavy atom. The second-order valence-electron chi connectivity index (χ2n) is 5.72. The molecule has 0 spiro atoms. The van der Waals surface area contributed by atoms with Crippen LogP contribution in [0.5, 0.6) is 5.75 Å². The van der Waals surface area contributed by atoms with Gasteiger partial charge < -0.3 is 10.8 Å². The molecule has 0 bridgehead atoms. The third-order valence-corrected chi connectivity index (χ3v) is 4.13.